The Morgan fingerprint density at radius 3 is 1.91 bits per heavy atom. The van der Waals surface area contributed by atoms with Crippen LogP contribution >= 0.6 is 0 Å². The molecule has 214 valence electrons. The Kier molecular flexibility index (Phi) is 10.0. The summed E-state index contributed by atoms with van der Waals surface area (Å²) in [5, 5.41) is 14.9. The average Bonchev–Trinajstić information content (AvgIpc) is 3.05. The minimum atomic E-state index is -1.07. The summed E-state index contributed by atoms with van der Waals surface area (Å²) in [7, 11) is 0. The number of aliphatic carboxylic acids is 1. The van der Waals surface area contributed by atoms with Crippen molar-refractivity contribution in [2.45, 2.75) is 38.4 Å². The molecule has 0 bridgehead atoms. The number of fused-ring (bicyclic) bond motifs is 2. The van der Waals surface area contributed by atoms with Crippen molar-refractivity contribution in [3.8, 4) is 11.5 Å². The van der Waals surface area contributed by atoms with Crippen molar-refractivity contribution in [1.82, 2.24) is 4.98 Å². The average molecular weight is 590 g/mol. The van der Waals surface area contributed by atoms with Gasteiger partial charge in [-0.25, -0.2) is 4.98 Å². The van der Waals surface area contributed by atoms with E-state index >= 15 is 0 Å². The number of carbonyl (C=O) groups is 1. The van der Waals surface area contributed by atoms with Gasteiger partial charge in [-0.05, 0) is 82.8 Å². The van der Waals surface area contributed by atoms with Gasteiger partial charge in [0.05, 0.1) is 11.2 Å². The van der Waals surface area contributed by atoms with Crippen LogP contribution in [0.25, 0.3) is 21.7 Å². The second-order valence-corrected chi connectivity index (χ2v) is 11.0. The summed E-state index contributed by atoms with van der Waals surface area (Å²) in [5.74, 6) is 0.410. The fraction of sp³-hybridized carbons (Fsp3) is 0.158. The molecule has 0 aliphatic heterocycles. The molecule has 5 nitrogen and oxygen atoms in total. The number of rotatable bonds is 11. The first kappa shape index (κ1) is 31.3. The molecule has 0 aliphatic carbocycles. The van der Waals surface area contributed by atoms with E-state index in [0.29, 0.717) is 19.6 Å². The minimum absolute atomic E-state index is 0. The first-order chi connectivity index (χ1) is 21.0. The van der Waals surface area contributed by atoms with Crippen LogP contribution < -0.4 is 44.1 Å². The third kappa shape index (κ3) is 7.31. The Hall–Kier alpha value is -4.16. The number of carboxylic acid groups (broad SMARTS) is 1. The molecule has 0 radical (unpaired) electrons. The van der Waals surface area contributed by atoms with Gasteiger partial charge in [-0.1, -0.05) is 91.9 Å². The molecule has 1 unspecified atom stereocenters. The fourth-order valence-electron chi connectivity index (χ4n) is 5.49. The van der Waals surface area contributed by atoms with Crippen molar-refractivity contribution >= 4 is 27.6 Å². The number of benzene rings is 5. The molecule has 6 aromatic rings. The molecular formula is C38H32NNaO4. The number of ether oxygens (including phenoxy) is 2. The van der Waals surface area contributed by atoms with Crippen LogP contribution in [0.5, 0.6) is 11.5 Å². The molecule has 0 saturated carbocycles. The van der Waals surface area contributed by atoms with Gasteiger partial charge in [0.1, 0.15) is 24.7 Å². The van der Waals surface area contributed by atoms with E-state index in [1.807, 2.05) is 97.1 Å². The van der Waals surface area contributed by atoms with Crippen LogP contribution in [-0.4, -0.2) is 11.0 Å². The zero-order valence-electron chi connectivity index (χ0n) is 25.0. The van der Waals surface area contributed by atoms with E-state index in [1.165, 1.54) is 10.8 Å². The number of carboxylic acids is 1. The van der Waals surface area contributed by atoms with E-state index in [9.17, 15) is 9.90 Å². The quantitative estimate of drug-likeness (QED) is 0.210. The standard InChI is InChI=1S/C38H33NO4.Na/c1-38(23-22-37(40)41,31-13-18-34(19-14-31)42-25-27-10-11-28-6-2-3-8-30(28)24-27)32-15-20-35(21-16-32)43-26-33-17-12-29-7-4-5-9-36(29)39-33;/h2-21,24H,22-23,25-26H2,1H3,(H,40,41);/q;+1/p-1. The number of pyridine rings is 1. The number of hydrogen-bond acceptors (Lipinski definition) is 5. The normalized spacial score (nSPS) is 12.3. The third-order valence-corrected chi connectivity index (χ3v) is 8.07. The Morgan fingerprint density at radius 1 is 0.682 bits per heavy atom. The summed E-state index contributed by atoms with van der Waals surface area (Å²) in [6.45, 7) is 2.88. The van der Waals surface area contributed by atoms with Gasteiger partial charge in [0.2, 0.25) is 0 Å². The van der Waals surface area contributed by atoms with E-state index in [0.717, 1.165) is 44.8 Å². The van der Waals surface area contributed by atoms with Crippen molar-refractivity contribution < 1.29 is 48.9 Å². The van der Waals surface area contributed by atoms with Crippen molar-refractivity contribution in [3.05, 3.63) is 150 Å². The van der Waals surface area contributed by atoms with Crippen LogP contribution in [0, 0.1) is 0 Å². The predicted molar refractivity (Wildman–Crippen MR) is 168 cm³/mol. The summed E-state index contributed by atoms with van der Waals surface area (Å²) in [6, 6.07) is 42.4. The van der Waals surface area contributed by atoms with Crippen LogP contribution in [0.1, 0.15) is 42.1 Å². The predicted octanol–water partition coefficient (Wildman–Crippen LogP) is 4.39. The number of hydrogen-bond donors (Lipinski definition) is 0. The molecule has 0 fully saturated rings. The van der Waals surface area contributed by atoms with Crippen LogP contribution in [0.3, 0.4) is 0 Å². The summed E-state index contributed by atoms with van der Waals surface area (Å²) in [6.07, 6.45) is 0.344. The maximum Gasteiger partial charge on any atom is 1.00 e. The molecule has 5 aromatic carbocycles. The van der Waals surface area contributed by atoms with Crippen molar-refractivity contribution in [3.63, 3.8) is 0 Å². The molecule has 44 heavy (non-hydrogen) atoms. The molecule has 1 heterocycles. The first-order valence-electron chi connectivity index (χ1n) is 14.5. The summed E-state index contributed by atoms with van der Waals surface area (Å²) in [5.41, 5.74) is 4.34. The Balaban J connectivity index is 0.00000384. The van der Waals surface area contributed by atoms with E-state index in [1.54, 1.807) is 0 Å². The Morgan fingerprint density at radius 2 is 1.25 bits per heavy atom. The van der Waals surface area contributed by atoms with E-state index < -0.39 is 11.4 Å². The molecule has 0 aliphatic rings. The van der Waals surface area contributed by atoms with Crippen molar-refractivity contribution in [2.24, 2.45) is 0 Å². The van der Waals surface area contributed by atoms with Gasteiger partial charge in [-0.15, -0.1) is 0 Å². The smallest absolute Gasteiger partial charge is 0.550 e. The van der Waals surface area contributed by atoms with Crippen molar-refractivity contribution in [2.75, 3.05) is 0 Å². The molecule has 0 N–H and O–H groups in total. The second-order valence-electron chi connectivity index (χ2n) is 11.0. The Labute approximate surface area is 279 Å². The summed E-state index contributed by atoms with van der Waals surface area (Å²) < 4.78 is 12.1. The van der Waals surface area contributed by atoms with Crippen molar-refractivity contribution in [1.29, 1.82) is 0 Å². The minimum Gasteiger partial charge on any atom is -0.550 e. The molecule has 1 aromatic heterocycles. The zero-order chi connectivity index (χ0) is 29.6. The molecular weight excluding hydrogens is 557 g/mol. The van der Waals surface area contributed by atoms with E-state index in [2.05, 4.69) is 42.2 Å². The second kappa shape index (κ2) is 14.1. The number of para-hydroxylation sites is 1. The maximum absolute atomic E-state index is 11.5. The van der Waals surface area contributed by atoms with E-state index in [-0.39, 0.29) is 36.0 Å². The van der Waals surface area contributed by atoms with Gasteiger partial charge < -0.3 is 19.4 Å². The zero-order valence-corrected chi connectivity index (χ0v) is 27.0. The molecule has 6 heteroatoms. The van der Waals surface area contributed by atoms with E-state index in [4.69, 9.17) is 9.47 Å². The SMILES string of the molecule is CC(CCC(=O)[O-])(c1ccc(OCc2ccc3ccccc3c2)cc1)c1ccc(OCc2ccc3ccccc3n2)cc1.[Na+]. The fourth-order valence-corrected chi connectivity index (χ4v) is 5.49. The monoisotopic (exact) mass is 589 g/mol. The van der Waals surface area contributed by atoms with Gasteiger partial charge in [0.25, 0.3) is 0 Å². The van der Waals surface area contributed by atoms with Gasteiger partial charge in [0.15, 0.2) is 0 Å². The number of aromatic nitrogens is 1. The maximum atomic E-state index is 11.5. The third-order valence-electron chi connectivity index (χ3n) is 8.07. The number of carbonyl (C=O) groups excluding carboxylic acids is 1. The van der Waals surface area contributed by atoms with Crippen LogP contribution in [-0.2, 0) is 23.4 Å². The molecule has 0 amide bonds. The van der Waals surface area contributed by atoms with Crippen LogP contribution in [0.2, 0.25) is 0 Å². The summed E-state index contributed by atoms with van der Waals surface area (Å²) in [4.78, 5) is 16.1. The molecule has 6 rings (SSSR count). The topological polar surface area (TPSA) is 71.5 Å². The van der Waals surface area contributed by atoms with Gasteiger partial charge in [-0.3, -0.25) is 0 Å². The molecule has 1 atom stereocenters. The first-order valence-corrected chi connectivity index (χ1v) is 14.5. The largest absolute Gasteiger partial charge is 1.00 e. The molecule has 0 spiro atoms. The summed E-state index contributed by atoms with van der Waals surface area (Å²) >= 11 is 0. The van der Waals surface area contributed by atoms with Crippen LogP contribution in [0.4, 0.5) is 0 Å². The van der Waals surface area contributed by atoms with Gasteiger partial charge in [-0.2, -0.15) is 0 Å². The number of nitrogens with zero attached hydrogens (tertiary/aromatic N) is 1. The Bertz CT molecular complexity index is 1740. The van der Waals surface area contributed by atoms with Crippen LogP contribution in [0.15, 0.2) is 127 Å². The van der Waals surface area contributed by atoms with Gasteiger partial charge >= 0.3 is 29.6 Å². The van der Waals surface area contributed by atoms with Gasteiger partial charge in [0, 0.05) is 16.8 Å². The molecule has 0 saturated heterocycles.